The average Bonchev–Trinajstić information content (AvgIpc) is 2.55. The first-order valence-electron chi connectivity index (χ1n) is 8.21. The van der Waals surface area contributed by atoms with Crippen molar-refractivity contribution >= 4 is 11.9 Å². The zero-order valence-corrected chi connectivity index (χ0v) is 13.7. The molecule has 0 aromatic heterocycles. The molecule has 0 bridgehead atoms. The van der Waals surface area contributed by atoms with Crippen LogP contribution in [0.3, 0.4) is 0 Å². The Kier molecular flexibility index (Phi) is 9.76. The Morgan fingerprint density at radius 3 is 2.32 bits per heavy atom. The lowest BCUT2D eigenvalue weighted by molar-refractivity contribution is 0.0979. The lowest BCUT2D eigenvalue weighted by Gasteiger charge is -2.03. The number of allylic oxidation sites excluding steroid dienone is 1. The zero-order valence-electron chi connectivity index (χ0n) is 13.7. The zero-order chi connectivity index (χ0) is 16.0. The molecule has 0 radical (unpaired) electrons. The SMILES string of the molecule is C=CCCCCCCCCC(=O)c1ccc(/C=C/OC)cc1. The summed E-state index contributed by atoms with van der Waals surface area (Å²) in [6.07, 6.45) is 14.4. The van der Waals surface area contributed by atoms with E-state index >= 15 is 0 Å². The first-order chi connectivity index (χ1) is 10.8. The van der Waals surface area contributed by atoms with Gasteiger partial charge in [0.2, 0.25) is 0 Å². The van der Waals surface area contributed by atoms with Gasteiger partial charge in [0, 0.05) is 12.0 Å². The topological polar surface area (TPSA) is 26.3 Å². The molecule has 1 aromatic carbocycles. The number of carbonyl (C=O) groups excluding carboxylic acids is 1. The van der Waals surface area contributed by atoms with E-state index in [0.717, 1.165) is 30.4 Å². The van der Waals surface area contributed by atoms with Gasteiger partial charge in [-0.05, 0) is 30.9 Å². The van der Waals surface area contributed by atoms with Crippen LogP contribution in [0.2, 0.25) is 0 Å². The first kappa shape index (κ1) is 18.2. The summed E-state index contributed by atoms with van der Waals surface area (Å²) < 4.78 is 4.88. The minimum Gasteiger partial charge on any atom is -0.504 e. The van der Waals surface area contributed by atoms with E-state index in [-0.39, 0.29) is 5.78 Å². The number of Topliss-reactive ketones (excluding diaryl/α,β-unsaturated/α-hetero) is 1. The number of ketones is 1. The van der Waals surface area contributed by atoms with Crippen LogP contribution in [0.25, 0.3) is 6.08 Å². The number of ether oxygens (including phenoxy) is 1. The highest BCUT2D eigenvalue weighted by atomic mass is 16.5. The van der Waals surface area contributed by atoms with Crippen molar-refractivity contribution < 1.29 is 9.53 Å². The van der Waals surface area contributed by atoms with Crippen LogP contribution in [0, 0.1) is 0 Å². The Labute approximate surface area is 134 Å². The molecule has 2 heteroatoms. The van der Waals surface area contributed by atoms with E-state index < -0.39 is 0 Å². The number of methoxy groups -OCH3 is 1. The van der Waals surface area contributed by atoms with E-state index in [0.29, 0.717) is 6.42 Å². The molecule has 1 aromatic rings. The van der Waals surface area contributed by atoms with Crippen molar-refractivity contribution in [3.63, 3.8) is 0 Å². The van der Waals surface area contributed by atoms with Crippen molar-refractivity contribution in [3.05, 3.63) is 54.3 Å². The fraction of sp³-hybridized carbons (Fsp3) is 0.450. The van der Waals surface area contributed by atoms with Crippen molar-refractivity contribution in [2.24, 2.45) is 0 Å². The molecule has 0 spiro atoms. The van der Waals surface area contributed by atoms with Crippen LogP contribution in [-0.2, 0) is 4.74 Å². The molecule has 0 heterocycles. The first-order valence-corrected chi connectivity index (χ1v) is 8.21. The van der Waals surface area contributed by atoms with E-state index in [2.05, 4.69) is 6.58 Å². The molecule has 0 amide bonds. The van der Waals surface area contributed by atoms with E-state index in [1.165, 1.54) is 25.7 Å². The number of unbranched alkanes of at least 4 members (excludes halogenated alkanes) is 6. The predicted molar refractivity (Wildman–Crippen MR) is 93.9 cm³/mol. The molecule has 1 rings (SSSR count). The quantitative estimate of drug-likeness (QED) is 0.211. The molecule has 0 atom stereocenters. The normalized spacial score (nSPS) is 10.8. The summed E-state index contributed by atoms with van der Waals surface area (Å²) in [6.45, 7) is 3.73. The van der Waals surface area contributed by atoms with Crippen molar-refractivity contribution in [2.75, 3.05) is 7.11 Å². The second-order valence-electron chi connectivity index (χ2n) is 5.53. The van der Waals surface area contributed by atoms with Gasteiger partial charge >= 0.3 is 0 Å². The third-order valence-corrected chi connectivity index (χ3v) is 3.69. The molecule has 22 heavy (non-hydrogen) atoms. The van der Waals surface area contributed by atoms with Gasteiger partial charge in [0.1, 0.15) is 0 Å². The summed E-state index contributed by atoms with van der Waals surface area (Å²) in [6, 6.07) is 7.69. The molecule has 0 aliphatic rings. The van der Waals surface area contributed by atoms with E-state index in [1.807, 2.05) is 36.4 Å². The Morgan fingerprint density at radius 2 is 1.68 bits per heavy atom. The Hall–Kier alpha value is -1.83. The summed E-state index contributed by atoms with van der Waals surface area (Å²) in [5.74, 6) is 0.244. The number of carbonyl (C=O) groups is 1. The van der Waals surface area contributed by atoms with Crippen LogP contribution in [0.5, 0.6) is 0 Å². The summed E-state index contributed by atoms with van der Waals surface area (Å²) in [7, 11) is 1.62. The molecule has 0 aliphatic heterocycles. The van der Waals surface area contributed by atoms with Crippen molar-refractivity contribution in [3.8, 4) is 0 Å². The lowest BCUT2D eigenvalue weighted by Crippen LogP contribution is -1.98. The second kappa shape index (κ2) is 11.8. The van der Waals surface area contributed by atoms with Gasteiger partial charge in [0.25, 0.3) is 0 Å². The van der Waals surface area contributed by atoms with E-state index in [1.54, 1.807) is 13.4 Å². The standard InChI is InChI=1S/C20H28O2/c1-3-4-5-6-7-8-9-10-11-20(21)19-14-12-18(13-15-19)16-17-22-2/h3,12-17H,1,4-11H2,2H3/b17-16+. The summed E-state index contributed by atoms with van der Waals surface area (Å²) in [5, 5.41) is 0. The van der Waals surface area contributed by atoms with Crippen LogP contribution in [0.15, 0.2) is 43.2 Å². The van der Waals surface area contributed by atoms with Gasteiger partial charge in [0.15, 0.2) is 5.78 Å². The fourth-order valence-corrected chi connectivity index (χ4v) is 2.35. The highest BCUT2D eigenvalue weighted by Crippen LogP contribution is 2.13. The molecule has 0 unspecified atom stereocenters. The third-order valence-electron chi connectivity index (χ3n) is 3.69. The van der Waals surface area contributed by atoms with Gasteiger partial charge in [-0.3, -0.25) is 4.79 Å². The maximum atomic E-state index is 12.1. The predicted octanol–water partition coefficient (Wildman–Crippen LogP) is 5.79. The molecule has 120 valence electrons. The van der Waals surface area contributed by atoms with Gasteiger partial charge in [0.05, 0.1) is 13.4 Å². The second-order valence-corrected chi connectivity index (χ2v) is 5.53. The third kappa shape index (κ3) is 7.82. The lowest BCUT2D eigenvalue weighted by atomic mass is 10.0. The number of rotatable bonds is 12. The van der Waals surface area contributed by atoms with Crippen LogP contribution in [-0.4, -0.2) is 12.9 Å². The van der Waals surface area contributed by atoms with Gasteiger partial charge in [-0.1, -0.05) is 56.0 Å². The molecular weight excluding hydrogens is 272 g/mol. The fourth-order valence-electron chi connectivity index (χ4n) is 2.35. The largest absolute Gasteiger partial charge is 0.504 e. The van der Waals surface area contributed by atoms with Crippen molar-refractivity contribution in [2.45, 2.75) is 51.4 Å². The van der Waals surface area contributed by atoms with E-state index in [9.17, 15) is 4.79 Å². The molecule has 2 nitrogen and oxygen atoms in total. The monoisotopic (exact) mass is 300 g/mol. The highest BCUT2D eigenvalue weighted by Gasteiger charge is 2.05. The molecular formula is C20H28O2. The molecule has 0 N–H and O–H groups in total. The molecule has 0 saturated heterocycles. The minimum atomic E-state index is 0.244. The smallest absolute Gasteiger partial charge is 0.162 e. The number of hydrogen-bond acceptors (Lipinski definition) is 2. The minimum absolute atomic E-state index is 0.244. The molecule has 0 aliphatic carbocycles. The van der Waals surface area contributed by atoms with Crippen molar-refractivity contribution in [1.29, 1.82) is 0 Å². The number of hydrogen-bond donors (Lipinski definition) is 0. The average molecular weight is 300 g/mol. The maximum Gasteiger partial charge on any atom is 0.162 e. The summed E-state index contributed by atoms with van der Waals surface area (Å²) >= 11 is 0. The van der Waals surface area contributed by atoms with Crippen LogP contribution in [0.1, 0.15) is 67.3 Å². The van der Waals surface area contributed by atoms with Gasteiger partial charge in [-0.25, -0.2) is 0 Å². The Bertz CT molecular complexity index is 457. The Morgan fingerprint density at radius 1 is 1.05 bits per heavy atom. The van der Waals surface area contributed by atoms with Crippen molar-refractivity contribution in [1.82, 2.24) is 0 Å². The highest BCUT2D eigenvalue weighted by molar-refractivity contribution is 5.96. The molecule has 0 fully saturated rings. The van der Waals surface area contributed by atoms with Gasteiger partial charge in [-0.2, -0.15) is 0 Å². The molecule has 0 saturated carbocycles. The van der Waals surface area contributed by atoms with Crippen LogP contribution < -0.4 is 0 Å². The summed E-state index contributed by atoms with van der Waals surface area (Å²) in [5.41, 5.74) is 1.85. The van der Waals surface area contributed by atoms with Crippen LogP contribution in [0.4, 0.5) is 0 Å². The van der Waals surface area contributed by atoms with E-state index in [4.69, 9.17) is 4.74 Å². The van der Waals surface area contributed by atoms with Crippen LogP contribution >= 0.6 is 0 Å². The number of benzene rings is 1. The van der Waals surface area contributed by atoms with Gasteiger partial charge < -0.3 is 4.74 Å². The Balaban J connectivity index is 2.19. The summed E-state index contributed by atoms with van der Waals surface area (Å²) in [4.78, 5) is 12.1. The van der Waals surface area contributed by atoms with Gasteiger partial charge in [-0.15, -0.1) is 6.58 Å². The maximum absolute atomic E-state index is 12.1.